The molecule has 2 aromatic rings. The molecule has 5 rings (SSSR count). The fourth-order valence-corrected chi connectivity index (χ4v) is 5.65. The molecule has 3 heterocycles. The average Bonchev–Trinajstić information content (AvgIpc) is 3.24. The largest absolute Gasteiger partial charge is 0.416 e. The summed E-state index contributed by atoms with van der Waals surface area (Å²) in [5.74, 6) is 1.14. The molecule has 3 aliphatic rings. The molecule has 1 aromatic heterocycles. The normalized spacial score (nSPS) is 21.6. The quantitative estimate of drug-likeness (QED) is 0.637. The second kappa shape index (κ2) is 9.17. The molecule has 10 heteroatoms. The molecule has 1 aromatic carbocycles. The third-order valence-electron chi connectivity index (χ3n) is 7.62. The minimum absolute atomic E-state index is 0.0143. The lowest BCUT2D eigenvalue weighted by molar-refractivity contribution is -0.137. The van der Waals surface area contributed by atoms with E-state index in [1.807, 2.05) is 0 Å². The Kier molecular flexibility index (Phi) is 6.37. The summed E-state index contributed by atoms with van der Waals surface area (Å²) in [6.45, 7) is 5.47. The predicted octanol–water partition coefficient (Wildman–Crippen LogP) is 4.59. The number of nitrogens with zero attached hydrogens (tertiary/aromatic N) is 3. The zero-order chi connectivity index (χ0) is 23.9. The molecule has 2 N–H and O–H groups in total. The second-order valence-corrected chi connectivity index (χ2v) is 10.3. The summed E-state index contributed by atoms with van der Waals surface area (Å²) < 4.78 is 40.4. The number of nitrogens with one attached hydrogen (secondary N) is 2. The molecule has 0 spiro atoms. The Morgan fingerprint density at radius 1 is 1.24 bits per heavy atom. The number of hydrogen-bond donors (Lipinski definition) is 2. The molecule has 34 heavy (non-hydrogen) atoms. The maximum absolute atomic E-state index is 13.0. The van der Waals surface area contributed by atoms with Crippen LogP contribution in [-0.4, -0.2) is 53.4 Å². The molecule has 0 radical (unpaired) electrons. The van der Waals surface area contributed by atoms with E-state index < -0.39 is 23.3 Å². The first-order valence-corrected chi connectivity index (χ1v) is 12.3. The van der Waals surface area contributed by atoms with Gasteiger partial charge in [0.1, 0.15) is 0 Å². The summed E-state index contributed by atoms with van der Waals surface area (Å²) in [5.41, 5.74) is -0.000694. The van der Waals surface area contributed by atoms with Gasteiger partial charge in [-0.25, -0.2) is 4.79 Å². The monoisotopic (exact) mass is 495 g/mol. The molecule has 1 saturated carbocycles. The van der Waals surface area contributed by atoms with Crippen LogP contribution in [-0.2, 0) is 11.7 Å². The summed E-state index contributed by atoms with van der Waals surface area (Å²) in [4.78, 5) is 15.5. The Bertz CT molecular complexity index is 1040. The number of carbonyl (C=O) groups excluding carboxylic acids is 1. The van der Waals surface area contributed by atoms with Gasteiger partial charge in [-0.3, -0.25) is 0 Å². The Morgan fingerprint density at radius 3 is 2.53 bits per heavy atom. The number of halogens is 4. The maximum atomic E-state index is 13.0. The number of hydrogen-bond acceptors (Lipinski definition) is 4. The first kappa shape index (κ1) is 23.6. The van der Waals surface area contributed by atoms with Crippen molar-refractivity contribution in [3.63, 3.8) is 0 Å². The summed E-state index contributed by atoms with van der Waals surface area (Å²) in [6.07, 6.45) is 3.25. The number of rotatable bonds is 5. The van der Waals surface area contributed by atoms with Crippen LogP contribution in [0.3, 0.4) is 0 Å². The molecule has 0 bridgehead atoms. The van der Waals surface area contributed by atoms with Gasteiger partial charge in [0.2, 0.25) is 0 Å². The van der Waals surface area contributed by atoms with Gasteiger partial charge in [-0.1, -0.05) is 17.7 Å². The van der Waals surface area contributed by atoms with E-state index in [1.54, 1.807) is 12.4 Å². The molecule has 6 nitrogen and oxygen atoms in total. The van der Waals surface area contributed by atoms with Crippen molar-refractivity contribution in [1.29, 1.82) is 0 Å². The van der Waals surface area contributed by atoms with Gasteiger partial charge < -0.3 is 15.5 Å². The van der Waals surface area contributed by atoms with Gasteiger partial charge in [-0.15, -0.1) is 0 Å². The summed E-state index contributed by atoms with van der Waals surface area (Å²) in [5, 5.41) is 10.6. The highest BCUT2D eigenvalue weighted by molar-refractivity contribution is 6.31. The summed E-state index contributed by atoms with van der Waals surface area (Å²) >= 11 is 6.24. The molecule has 1 aliphatic carbocycles. The van der Waals surface area contributed by atoms with Crippen molar-refractivity contribution in [2.75, 3.05) is 32.7 Å². The lowest BCUT2D eigenvalue weighted by Gasteiger charge is -2.43. The van der Waals surface area contributed by atoms with Crippen LogP contribution in [0.1, 0.15) is 54.7 Å². The van der Waals surface area contributed by atoms with Crippen LogP contribution >= 0.6 is 11.6 Å². The van der Waals surface area contributed by atoms with E-state index >= 15 is 0 Å². The number of piperidine rings is 1. The molecule has 0 atom stereocenters. The smallest absolute Gasteiger partial charge is 0.327 e. The number of carbonyl (C=O) groups is 1. The minimum Gasteiger partial charge on any atom is -0.327 e. The molecule has 2 aliphatic heterocycles. The SMILES string of the molecule is O=C(NC1(c2ccc(C(F)(F)F)cc2Cl)CCC1)n1cc(C2CCN(CC3CNC3)CC2)cn1. The molecule has 3 fully saturated rings. The number of benzene rings is 1. The molecular formula is C24H29ClF3N5O. The van der Waals surface area contributed by atoms with Crippen LogP contribution in [0, 0.1) is 5.92 Å². The topological polar surface area (TPSA) is 62.2 Å². The standard InChI is InChI=1S/C24H29ClF3N5O/c25-21-10-19(24(26,27)28)2-3-20(21)23(6-1-7-23)31-22(34)33-15-18(13-30-33)17-4-8-32(9-5-17)14-16-11-29-12-16/h2-3,10,13,15-17,29H,1,4-9,11-12,14H2,(H,31,34). The van der Waals surface area contributed by atoms with Crippen LogP contribution in [0.2, 0.25) is 5.02 Å². The molecule has 0 unspecified atom stereocenters. The van der Waals surface area contributed by atoms with E-state index in [0.717, 1.165) is 75.6 Å². The van der Waals surface area contributed by atoms with E-state index in [2.05, 4.69) is 20.6 Å². The van der Waals surface area contributed by atoms with E-state index in [9.17, 15) is 18.0 Å². The van der Waals surface area contributed by atoms with Crippen molar-refractivity contribution in [2.24, 2.45) is 5.92 Å². The Morgan fingerprint density at radius 2 is 1.97 bits per heavy atom. The maximum Gasteiger partial charge on any atom is 0.416 e. The highest BCUT2D eigenvalue weighted by Gasteiger charge is 2.43. The molecule has 184 valence electrons. The zero-order valence-electron chi connectivity index (χ0n) is 18.9. The molecular weight excluding hydrogens is 467 g/mol. The van der Waals surface area contributed by atoms with Gasteiger partial charge in [-0.2, -0.15) is 23.0 Å². The van der Waals surface area contributed by atoms with Crippen LogP contribution in [0.15, 0.2) is 30.6 Å². The van der Waals surface area contributed by atoms with Gasteiger partial charge in [0, 0.05) is 30.9 Å². The van der Waals surface area contributed by atoms with Gasteiger partial charge in [0.15, 0.2) is 0 Å². The van der Waals surface area contributed by atoms with Crippen molar-refractivity contribution in [1.82, 2.24) is 25.3 Å². The van der Waals surface area contributed by atoms with Gasteiger partial charge in [-0.05, 0) is 80.3 Å². The third kappa shape index (κ3) is 4.70. The van der Waals surface area contributed by atoms with Crippen LogP contribution in [0.25, 0.3) is 0 Å². The highest BCUT2D eigenvalue weighted by atomic mass is 35.5. The van der Waals surface area contributed by atoms with E-state index in [1.165, 1.54) is 10.7 Å². The zero-order valence-corrected chi connectivity index (χ0v) is 19.6. The lowest BCUT2D eigenvalue weighted by atomic mass is 9.71. The van der Waals surface area contributed by atoms with Crippen molar-refractivity contribution in [3.05, 3.63) is 52.3 Å². The van der Waals surface area contributed by atoms with Crippen molar-refractivity contribution in [2.45, 2.75) is 49.7 Å². The number of aromatic nitrogens is 2. The summed E-state index contributed by atoms with van der Waals surface area (Å²) in [6, 6.07) is 2.94. The highest BCUT2D eigenvalue weighted by Crippen LogP contribution is 2.45. The first-order valence-electron chi connectivity index (χ1n) is 11.9. The fourth-order valence-electron chi connectivity index (χ4n) is 5.28. The van der Waals surface area contributed by atoms with Gasteiger partial charge in [0.05, 0.1) is 17.3 Å². The van der Waals surface area contributed by atoms with E-state index in [4.69, 9.17) is 11.6 Å². The van der Waals surface area contributed by atoms with E-state index in [0.29, 0.717) is 24.3 Å². The average molecular weight is 496 g/mol. The third-order valence-corrected chi connectivity index (χ3v) is 7.93. The van der Waals surface area contributed by atoms with Crippen LogP contribution < -0.4 is 10.6 Å². The van der Waals surface area contributed by atoms with Crippen molar-refractivity contribution < 1.29 is 18.0 Å². The predicted molar refractivity (Wildman–Crippen MR) is 123 cm³/mol. The Labute approximate surface area is 201 Å². The van der Waals surface area contributed by atoms with Crippen molar-refractivity contribution >= 4 is 17.6 Å². The number of likely N-dealkylation sites (tertiary alicyclic amines) is 1. The van der Waals surface area contributed by atoms with E-state index in [-0.39, 0.29) is 5.02 Å². The van der Waals surface area contributed by atoms with Crippen LogP contribution in [0.4, 0.5) is 18.0 Å². The lowest BCUT2D eigenvalue weighted by Crippen LogP contribution is -2.52. The van der Waals surface area contributed by atoms with Gasteiger partial charge >= 0.3 is 12.2 Å². The second-order valence-electron chi connectivity index (χ2n) is 9.88. The van der Waals surface area contributed by atoms with Gasteiger partial charge in [0.25, 0.3) is 0 Å². The Balaban J connectivity index is 1.23. The van der Waals surface area contributed by atoms with Crippen molar-refractivity contribution in [3.8, 4) is 0 Å². The molecule has 2 saturated heterocycles. The summed E-state index contributed by atoms with van der Waals surface area (Å²) in [7, 11) is 0. The number of alkyl halides is 3. The molecule has 1 amide bonds. The van der Waals surface area contributed by atoms with Crippen LogP contribution in [0.5, 0.6) is 0 Å². The Hall–Kier alpha value is -2.10. The minimum atomic E-state index is -4.46. The fraction of sp³-hybridized carbons (Fsp3) is 0.583. The number of amides is 1. The first-order chi connectivity index (χ1) is 16.2.